The van der Waals surface area contributed by atoms with Gasteiger partial charge in [0.1, 0.15) is 10.6 Å². The Hall–Kier alpha value is -4.18. The van der Waals surface area contributed by atoms with Crippen LogP contribution in [0.25, 0.3) is 5.76 Å². The maximum Gasteiger partial charge on any atom is 0.350 e. The molecule has 1 aliphatic rings. The largest absolute Gasteiger partial charge is 0.507 e. The lowest BCUT2D eigenvalue weighted by molar-refractivity contribution is -0.132. The molecule has 4 rings (SSSR count). The number of aryl methyl sites for hydroxylation is 3. The van der Waals surface area contributed by atoms with Gasteiger partial charge in [-0.05, 0) is 50.1 Å². The van der Waals surface area contributed by atoms with Gasteiger partial charge in [-0.3, -0.25) is 14.5 Å². The highest BCUT2D eigenvalue weighted by Gasteiger charge is 2.48. The molecule has 1 aromatic heterocycles. The number of thiazole rings is 1. The molecule has 2 N–H and O–H groups in total. The minimum Gasteiger partial charge on any atom is -0.507 e. The van der Waals surface area contributed by atoms with Gasteiger partial charge >= 0.3 is 11.9 Å². The second kappa shape index (κ2) is 9.46. The van der Waals surface area contributed by atoms with E-state index in [0.717, 1.165) is 21.8 Å². The zero-order chi connectivity index (χ0) is 26.3. The number of aliphatic hydroxyl groups is 1. The summed E-state index contributed by atoms with van der Waals surface area (Å²) in [6.45, 7) is 5.23. The minimum atomic E-state index is -1.10. The monoisotopic (exact) mass is 508 g/mol. The molecule has 1 amide bonds. The molecule has 3 aromatic rings. The first-order valence-electron chi connectivity index (χ1n) is 10.9. The van der Waals surface area contributed by atoms with Crippen LogP contribution in [0, 0.1) is 20.8 Å². The van der Waals surface area contributed by atoms with Crippen LogP contribution in [0.15, 0.2) is 42.0 Å². The van der Waals surface area contributed by atoms with E-state index in [9.17, 15) is 24.6 Å². The summed E-state index contributed by atoms with van der Waals surface area (Å²) in [4.78, 5) is 44.6. The maximum absolute atomic E-state index is 13.4. The Kier molecular flexibility index (Phi) is 6.55. The van der Waals surface area contributed by atoms with Crippen LogP contribution in [-0.2, 0) is 14.3 Å². The highest BCUT2D eigenvalue weighted by atomic mass is 32.1. The molecule has 1 atom stereocenters. The number of rotatable bonds is 5. The summed E-state index contributed by atoms with van der Waals surface area (Å²) in [6, 6.07) is 8.70. The van der Waals surface area contributed by atoms with Gasteiger partial charge in [0, 0.05) is 5.56 Å². The second-order valence-electron chi connectivity index (χ2n) is 8.32. The maximum atomic E-state index is 13.4. The Morgan fingerprint density at radius 2 is 1.81 bits per heavy atom. The molecule has 9 nitrogen and oxygen atoms in total. The fourth-order valence-electron chi connectivity index (χ4n) is 4.11. The SMILES string of the molecule is COC(=O)c1sc(N2C(=O)C(=O)/C(=C(/O)c3cc(C)ccc3C)C2c2ccc(O)c(OC)c2)nc1C. The highest BCUT2D eigenvalue weighted by molar-refractivity contribution is 7.17. The third-order valence-corrected chi connectivity index (χ3v) is 7.11. The second-order valence-corrected chi connectivity index (χ2v) is 9.30. The number of aliphatic hydroxyl groups excluding tert-OH is 1. The van der Waals surface area contributed by atoms with Crippen molar-refractivity contribution in [3.8, 4) is 11.5 Å². The predicted octanol–water partition coefficient (Wildman–Crippen LogP) is 4.20. The number of phenolic OH excluding ortho intramolecular Hbond substituents is 1. The van der Waals surface area contributed by atoms with E-state index in [-0.39, 0.29) is 32.8 Å². The van der Waals surface area contributed by atoms with Gasteiger partial charge < -0.3 is 19.7 Å². The molecule has 0 saturated carbocycles. The molecule has 0 radical (unpaired) electrons. The number of benzene rings is 2. The number of aromatic hydroxyl groups is 1. The Morgan fingerprint density at radius 1 is 1.08 bits per heavy atom. The van der Waals surface area contributed by atoms with Gasteiger partial charge in [0.2, 0.25) is 0 Å². The summed E-state index contributed by atoms with van der Waals surface area (Å²) >= 11 is 0.904. The number of hydrogen-bond donors (Lipinski definition) is 2. The molecule has 36 heavy (non-hydrogen) atoms. The summed E-state index contributed by atoms with van der Waals surface area (Å²) in [5, 5.41) is 21.6. The molecule has 1 fully saturated rings. The van der Waals surface area contributed by atoms with Gasteiger partial charge in [-0.1, -0.05) is 35.1 Å². The van der Waals surface area contributed by atoms with Crippen molar-refractivity contribution in [3.63, 3.8) is 0 Å². The van der Waals surface area contributed by atoms with Gasteiger partial charge in [0.05, 0.1) is 31.5 Å². The number of ether oxygens (including phenoxy) is 2. The number of methoxy groups -OCH3 is 2. The fraction of sp³-hybridized carbons (Fsp3) is 0.231. The third-order valence-electron chi connectivity index (χ3n) is 5.97. The lowest BCUT2D eigenvalue weighted by atomic mass is 9.93. The van der Waals surface area contributed by atoms with Gasteiger partial charge in [-0.15, -0.1) is 0 Å². The van der Waals surface area contributed by atoms with Crippen LogP contribution in [0.5, 0.6) is 11.5 Å². The number of esters is 1. The van der Waals surface area contributed by atoms with Crippen LogP contribution in [0.4, 0.5) is 5.13 Å². The Morgan fingerprint density at radius 3 is 2.47 bits per heavy atom. The first-order valence-corrected chi connectivity index (χ1v) is 11.7. The normalized spacial score (nSPS) is 16.9. The van der Waals surface area contributed by atoms with Crippen LogP contribution < -0.4 is 9.64 Å². The van der Waals surface area contributed by atoms with E-state index < -0.39 is 23.7 Å². The zero-order valence-corrected chi connectivity index (χ0v) is 21.1. The van der Waals surface area contributed by atoms with Crippen LogP contribution in [0.2, 0.25) is 0 Å². The molecule has 2 aromatic carbocycles. The van der Waals surface area contributed by atoms with E-state index in [0.29, 0.717) is 22.4 Å². The molecule has 2 heterocycles. The number of anilines is 1. The molecular weight excluding hydrogens is 484 g/mol. The number of carbonyl (C=O) groups excluding carboxylic acids is 3. The molecule has 0 bridgehead atoms. The van der Waals surface area contributed by atoms with E-state index >= 15 is 0 Å². The van der Waals surface area contributed by atoms with Gasteiger partial charge in [-0.25, -0.2) is 9.78 Å². The number of phenols is 1. The van der Waals surface area contributed by atoms with E-state index in [4.69, 9.17) is 9.47 Å². The topological polar surface area (TPSA) is 126 Å². The van der Waals surface area contributed by atoms with Crippen molar-refractivity contribution >= 4 is 39.9 Å². The number of amides is 1. The number of carbonyl (C=O) groups is 3. The van der Waals surface area contributed by atoms with Crippen molar-refractivity contribution in [1.82, 2.24) is 4.98 Å². The summed E-state index contributed by atoms with van der Waals surface area (Å²) in [7, 11) is 2.61. The first-order chi connectivity index (χ1) is 17.1. The van der Waals surface area contributed by atoms with Crippen LogP contribution in [0.3, 0.4) is 0 Å². The van der Waals surface area contributed by atoms with Crippen molar-refractivity contribution in [2.45, 2.75) is 26.8 Å². The first kappa shape index (κ1) is 24.9. The summed E-state index contributed by atoms with van der Waals surface area (Å²) in [5.74, 6) is -2.79. The quantitative estimate of drug-likeness (QED) is 0.227. The van der Waals surface area contributed by atoms with Crippen molar-refractivity contribution in [2.24, 2.45) is 0 Å². The van der Waals surface area contributed by atoms with Gasteiger partial charge in [-0.2, -0.15) is 0 Å². The van der Waals surface area contributed by atoms with Crippen LogP contribution in [0.1, 0.15) is 43.7 Å². The number of ketones is 1. The molecule has 0 aliphatic carbocycles. The van der Waals surface area contributed by atoms with Crippen LogP contribution >= 0.6 is 11.3 Å². The van der Waals surface area contributed by atoms with Crippen molar-refractivity contribution < 1.29 is 34.1 Å². The molecule has 1 unspecified atom stereocenters. The average molecular weight is 509 g/mol. The Bertz CT molecular complexity index is 1440. The van der Waals surface area contributed by atoms with Crippen molar-refractivity contribution in [2.75, 3.05) is 19.1 Å². The highest BCUT2D eigenvalue weighted by Crippen LogP contribution is 2.45. The predicted molar refractivity (Wildman–Crippen MR) is 134 cm³/mol. The van der Waals surface area contributed by atoms with E-state index in [1.807, 2.05) is 19.1 Å². The van der Waals surface area contributed by atoms with Crippen LogP contribution in [-0.4, -0.2) is 47.1 Å². The molecule has 1 aliphatic heterocycles. The number of aromatic nitrogens is 1. The molecule has 10 heteroatoms. The average Bonchev–Trinajstić information content (AvgIpc) is 3.36. The summed E-state index contributed by atoms with van der Waals surface area (Å²) < 4.78 is 10.0. The van der Waals surface area contributed by atoms with Gasteiger partial charge in [0.25, 0.3) is 5.78 Å². The standard InChI is InChI=1S/C26H24N2O7S/c1-12-6-7-13(2)16(10-12)21(30)19-20(15-8-9-17(29)18(11-15)34-4)28(24(32)22(19)31)26-27-14(3)23(36-26)25(33)35-5/h6-11,20,29-30H,1-5H3/b21-19+. The lowest BCUT2D eigenvalue weighted by Crippen LogP contribution is -2.29. The lowest BCUT2D eigenvalue weighted by Gasteiger charge is -2.23. The number of nitrogens with zero attached hydrogens (tertiary/aromatic N) is 2. The number of Topliss-reactive ketones (excluding diaryl/α,β-unsaturated/α-hetero) is 1. The van der Waals surface area contributed by atoms with Crippen molar-refractivity contribution in [3.05, 3.63) is 74.8 Å². The Balaban J connectivity index is 2.00. The Labute approximate surface area is 211 Å². The van der Waals surface area contributed by atoms with Gasteiger partial charge in [0.15, 0.2) is 16.6 Å². The third kappa shape index (κ3) is 4.09. The summed E-state index contributed by atoms with van der Waals surface area (Å²) in [6.07, 6.45) is 0. The van der Waals surface area contributed by atoms with Crippen molar-refractivity contribution in [1.29, 1.82) is 0 Å². The smallest absolute Gasteiger partial charge is 0.350 e. The fourth-order valence-corrected chi connectivity index (χ4v) is 5.12. The van der Waals surface area contributed by atoms with E-state index in [1.54, 1.807) is 19.9 Å². The van der Waals surface area contributed by atoms with E-state index in [2.05, 4.69) is 4.98 Å². The zero-order valence-electron chi connectivity index (χ0n) is 20.3. The molecule has 1 saturated heterocycles. The number of hydrogen-bond acceptors (Lipinski definition) is 9. The minimum absolute atomic E-state index is 0.0899. The summed E-state index contributed by atoms with van der Waals surface area (Å²) in [5.41, 5.74) is 2.56. The van der Waals surface area contributed by atoms with E-state index in [1.165, 1.54) is 32.4 Å². The molecule has 0 spiro atoms. The molecule has 186 valence electrons. The molecular formula is C26H24N2O7S.